The molecule has 1 heterocycles. The summed E-state index contributed by atoms with van der Waals surface area (Å²) in [7, 11) is 2.88. The number of benzene rings is 1. The highest BCUT2D eigenvalue weighted by Gasteiger charge is 2.06. The molecule has 2 rings (SSSR count). The van der Waals surface area contributed by atoms with E-state index in [1.165, 1.54) is 26.4 Å². The molecule has 2 aromatic rings. The third-order valence-corrected chi connectivity index (χ3v) is 2.35. The highest BCUT2D eigenvalue weighted by molar-refractivity contribution is 5.60. The molecular formula is C12H13FN4O2. The van der Waals surface area contributed by atoms with Gasteiger partial charge in [-0.3, -0.25) is 0 Å². The third-order valence-electron chi connectivity index (χ3n) is 2.35. The normalized spacial score (nSPS) is 10.1. The molecular weight excluding hydrogens is 251 g/mol. The summed E-state index contributed by atoms with van der Waals surface area (Å²) >= 11 is 0. The maximum atomic E-state index is 13.3. The van der Waals surface area contributed by atoms with Crippen LogP contribution in [0.1, 0.15) is 0 Å². The highest BCUT2D eigenvalue weighted by Crippen LogP contribution is 2.24. The van der Waals surface area contributed by atoms with Gasteiger partial charge in [-0.15, -0.1) is 0 Å². The van der Waals surface area contributed by atoms with Crippen LogP contribution in [-0.2, 0) is 0 Å². The summed E-state index contributed by atoms with van der Waals surface area (Å²) in [5.41, 5.74) is 6.15. The van der Waals surface area contributed by atoms with Gasteiger partial charge in [0.15, 0.2) is 11.6 Å². The van der Waals surface area contributed by atoms with E-state index in [4.69, 9.17) is 15.2 Å². The molecule has 0 unspecified atom stereocenters. The zero-order valence-corrected chi connectivity index (χ0v) is 10.5. The second kappa shape index (κ2) is 5.38. The number of rotatable bonds is 4. The minimum Gasteiger partial charge on any atom is -0.494 e. The number of hydrogen-bond acceptors (Lipinski definition) is 6. The van der Waals surface area contributed by atoms with Gasteiger partial charge < -0.3 is 20.5 Å². The Bertz CT molecular complexity index is 592. The van der Waals surface area contributed by atoms with Crippen molar-refractivity contribution in [2.24, 2.45) is 0 Å². The summed E-state index contributed by atoms with van der Waals surface area (Å²) < 4.78 is 23.1. The summed E-state index contributed by atoms with van der Waals surface area (Å²) in [5, 5.41) is 2.96. The van der Waals surface area contributed by atoms with E-state index >= 15 is 0 Å². The highest BCUT2D eigenvalue weighted by atomic mass is 19.1. The molecule has 0 bridgehead atoms. The van der Waals surface area contributed by atoms with Gasteiger partial charge >= 0.3 is 0 Å². The largest absolute Gasteiger partial charge is 0.494 e. The maximum Gasteiger partial charge on any atom is 0.225 e. The molecule has 1 aromatic heterocycles. The van der Waals surface area contributed by atoms with Crippen LogP contribution in [-0.4, -0.2) is 24.2 Å². The van der Waals surface area contributed by atoms with Gasteiger partial charge in [0.2, 0.25) is 11.8 Å². The smallest absolute Gasteiger partial charge is 0.225 e. The fourth-order valence-electron chi connectivity index (χ4n) is 1.50. The van der Waals surface area contributed by atoms with E-state index in [0.29, 0.717) is 17.4 Å². The Morgan fingerprint density at radius 2 is 1.95 bits per heavy atom. The zero-order valence-electron chi connectivity index (χ0n) is 10.5. The molecule has 0 saturated heterocycles. The third kappa shape index (κ3) is 3.01. The molecule has 6 nitrogen and oxygen atoms in total. The Labute approximate surface area is 109 Å². The predicted octanol–water partition coefficient (Wildman–Crippen LogP) is 1.96. The number of aromatic nitrogens is 2. The molecule has 0 spiro atoms. The van der Waals surface area contributed by atoms with Crippen molar-refractivity contribution in [1.82, 2.24) is 9.97 Å². The lowest BCUT2D eigenvalue weighted by Gasteiger charge is -2.09. The first kappa shape index (κ1) is 12.9. The van der Waals surface area contributed by atoms with Crippen molar-refractivity contribution < 1.29 is 13.9 Å². The lowest BCUT2D eigenvalue weighted by Crippen LogP contribution is -2.02. The first-order chi connectivity index (χ1) is 9.12. The first-order valence-electron chi connectivity index (χ1n) is 5.41. The van der Waals surface area contributed by atoms with Crippen LogP contribution in [0, 0.1) is 5.82 Å². The van der Waals surface area contributed by atoms with Gasteiger partial charge in [0.05, 0.1) is 14.2 Å². The van der Waals surface area contributed by atoms with Crippen molar-refractivity contribution in [2.75, 3.05) is 25.3 Å². The SMILES string of the molecule is COc1cc(Nc2ccc(F)c(OC)c2)nc(N)n1. The Hall–Kier alpha value is -2.57. The van der Waals surface area contributed by atoms with Crippen molar-refractivity contribution in [3.8, 4) is 11.6 Å². The Morgan fingerprint density at radius 1 is 1.16 bits per heavy atom. The summed E-state index contributed by atoms with van der Waals surface area (Å²) in [5.74, 6) is 0.560. The van der Waals surface area contributed by atoms with Crippen LogP contribution in [0.15, 0.2) is 24.3 Å². The molecule has 7 heteroatoms. The van der Waals surface area contributed by atoms with Crippen LogP contribution in [0.3, 0.4) is 0 Å². The van der Waals surface area contributed by atoms with Crippen molar-refractivity contribution in [1.29, 1.82) is 0 Å². The average Bonchev–Trinajstić information content (AvgIpc) is 2.40. The standard InChI is InChI=1S/C12H13FN4O2/c1-18-9-5-7(3-4-8(9)13)15-10-6-11(19-2)17-12(14)16-10/h3-6H,1-2H3,(H3,14,15,16,17). The second-order valence-corrected chi connectivity index (χ2v) is 3.63. The van der Waals surface area contributed by atoms with Gasteiger partial charge in [-0.05, 0) is 12.1 Å². The molecule has 3 N–H and O–H groups in total. The molecule has 0 aliphatic carbocycles. The van der Waals surface area contributed by atoms with Crippen LogP contribution in [0.2, 0.25) is 0 Å². The van der Waals surface area contributed by atoms with Crippen molar-refractivity contribution in [3.63, 3.8) is 0 Å². The molecule has 0 saturated carbocycles. The summed E-state index contributed by atoms with van der Waals surface area (Å²) in [6.07, 6.45) is 0. The van der Waals surface area contributed by atoms with E-state index < -0.39 is 5.82 Å². The molecule has 100 valence electrons. The number of anilines is 3. The van der Waals surface area contributed by atoms with Crippen LogP contribution in [0.25, 0.3) is 0 Å². The fourth-order valence-corrected chi connectivity index (χ4v) is 1.50. The van der Waals surface area contributed by atoms with Crippen LogP contribution >= 0.6 is 0 Å². The summed E-state index contributed by atoms with van der Waals surface area (Å²) in [6, 6.07) is 5.94. The molecule has 19 heavy (non-hydrogen) atoms. The lowest BCUT2D eigenvalue weighted by molar-refractivity contribution is 0.387. The topological polar surface area (TPSA) is 82.3 Å². The van der Waals surface area contributed by atoms with E-state index in [9.17, 15) is 4.39 Å². The second-order valence-electron chi connectivity index (χ2n) is 3.63. The Balaban J connectivity index is 2.28. The van der Waals surface area contributed by atoms with Crippen molar-refractivity contribution >= 4 is 17.5 Å². The fraction of sp³-hybridized carbons (Fsp3) is 0.167. The van der Waals surface area contributed by atoms with Crippen LogP contribution in [0.5, 0.6) is 11.6 Å². The number of nitrogen functional groups attached to an aromatic ring is 1. The van der Waals surface area contributed by atoms with E-state index in [0.717, 1.165) is 0 Å². The van der Waals surface area contributed by atoms with Gasteiger partial charge in [-0.25, -0.2) is 4.39 Å². The van der Waals surface area contributed by atoms with Gasteiger partial charge in [0, 0.05) is 17.8 Å². The van der Waals surface area contributed by atoms with E-state index in [2.05, 4.69) is 15.3 Å². The number of ether oxygens (including phenoxy) is 2. The van der Waals surface area contributed by atoms with Crippen molar-refractivity contribution in [3.05, 3.63) is 30.1 Å². The van der Waals surface area contributed by atoms with Gasteiger partial charge in [-0.2, -0.15) is 9.97 Å². The summed E-state index contributed by atoms with van der Waals surface area (Å²) in [6.45, 7) is 0. The van der Waals surface area contributed by atoms with Crippen LogP contribution < -0.4 is 20.5 Å². The molecule has 0 atom stereocenters. The Kier molecular flexibility index (Phi) is 3.65. The summed E-state index contributed by atoms with van der Waals surface area (Å²) in [4.78, 5) is 7.86. The zero-order chi connectivity index (χ0) is 13.8. The Morgan fingerprint density at radius 3 is 2.63 bits per heavy atom. The molecule has 0 fully saturated rings. The van der Waals surface area contributed by atoms with Gasteiger partial charge in [-0.1, -0.05) is 0 Å². The number of hydrogen-bond donors (Lipinski definition) is 2. The predicted molar refractivity (Wildman–Crippen MR) is 69.2 cm³/mol. The molecule has 0 aliphatic heterocycles. The van der Waals surface area contributed by atoms with E-state index in [-0.39, 0.29) is 11.7 Å². The minimum absolute atomic E-state index is 0.0796. The number of methoxy groups -OCH3 is 2. The molecule has 0 aliphatic rings. The number of nitrogens with one attached hydrogen (secondary N) is 1. The van der Waals surface area contributed by atoms with Gasteiger partial charge in [0.1, 0.15) is 5.82 Å². The molecule has 0 radical (unpaired) electrons. The number of halogens is 1. The quantitative estimate of drug-likeness (QED) is 0.878. The number of nitrogens with zero attached hydrogens (tertiary/aromatic N) is 2. The number of nitrogens with two attached hydrogens (primary N) is 1. The average molecular weight is 264 g/mol. The monoisotopic (exact) mass is 264 g/mol. The van der Waals surface area contributed by atoms with Crippen molar-refractivity contribution in [2.45, 2.75) is 0 Å². The maximum absolute atomic E-state index is 13.3. The van der Waals surface area contributed by atoms with Crippen LogP contribution in [0.4, 0.5) is 21.8 Å². The lowest BCUT2D eigenvalue weighted by atomic mass is 10.3. The first-order valence-corrected chi connectivity index (χ1v) is 5.41. The van der Waals surface area contributed by atoms with E-state index in [1.807, 2.05) is 0 Å². The van der Waals surface area contributed by atoms with Gasteiger partial charge in [0.25, 0.3) is 0 Å². The molecule has 1 aromatic carbocycles. The van der Waals surface area contributed by atoms with E-state index in [1.54, 1.807) is 12.1 Å². The minimum atomic E-state index is -0.437. The molecule has 0 amide bonds.